The SMILES string of the molecule is O=C(CN1C(=O)CN(Cc2ccccc2)C(=O)c2cc(F)c(Br)cc21)C1CC1. The number of hydrogen-bond acceptors (Lipinski definition) is 3. The van der Waals surface area contributed by atoms with Crippen molar-refractivity contribution in [2.45, 2.75) is 19.4 Å². The van der Waals surface area contributed by atoms with Gasteiger partial charge in [0.05, 0.1) is 22.3 Å². The predicted molar refractivity (Wildman–Crippen MR) is 105 cm³/mol. The van der Waals surface area contributed by atoms with Crippen molar-refractivity contribution in [1.82, 2.24) is 4.90 Å². The first-order valence-corrected chi connectivity index (χ1v) is 9.88. The average molecular weight is 445 g/mol. The van der Waals surface area contributed by atoms with Gasteiger partial charge in [-0.25, -0.2) is 4.39 Å². The molecular formula is C21H18BrFN2O3. The van der Waals surface area contributed by atoms with Crippen LogP contribution >= 0.6 is 15.9 Å². The number of fused-ring (bicyclic) bond motifs is 1. The van der Waals surface area contributed by atoms with E-state index >= 15 is 0 Å². The fourth-order valence-corrected chi connectivity index (χ4v) is 3.68. The van der Waals surface area contributed by atoms with E-state index in [0.29, 0.717) is 0 Å². The zero-order chi connectivity index (χ0) is 19.8. The van der Waals surface area contributed by atoms with Crippen molar-refractivity contribution in [3.8, 4) is 0 Å². The van der Waals surface area contributed by atoms with Gasteiger partial charge in [0.25, 0.3) is 5.91 Å². The van der Waals surface area contributed by atoms with Crippen molar-refractivity contribution in [1.29, 1.82) is 0 Å². The van der Waals surface area contributed by atoms with E-state index in [9.17, 15) is 18.8 Å². The molecule has 1 fully saturated rings. The quantitative estimate of drug-likeness (QED) is 0.708. The third-order valence-corrected chi connectivity index (χ3v) is 5.64. The Morgan fingerprint density at radius 1 is 1.14 bits per heavy atom. The summed E-state index contributed by atoms with van der Waals surface area (Å²) in [5, 5.41) is 0. The Morgan fingerprint density at radius 2 is 1.86 bits per heavy atom. The van der Waals surface area contributed by atoms with Crippen molar-refractivity contribution in [3.05, 3.63) is 63.9 Å². The number of rotatable bonds is 5. The first kappa shape index (κ1) is 18.8. The molecule has 144 valence electrons. The highest BCUT2D eigenvalue weighted by Crippen LogP contribution is 2.34. The standard InChI is InChI=1S/C21H18BrFN2O3/c22-16-9-18-15(8-17(16)23)21(28)24(10-13-4-2-1-3-5-13)12-20(27)25(18)11-19(26)14-6-7-14/h1-5,8-9,14H,6-7,10-12H2. The van der Waals surface area contributed by atoms with Crippen LogP contribution in [-0.2, 0) is 16.1 Å². The van der Waals surface area contributed by atoms with Crippen molar-refractivity contribution in [3.63, 3.8) is 0 Å². The van der Waals surface area contributed by atoms with Crippen LogP contribution in [0.3, 0.4) is 0 Å². The third-order valence-electron chi connectivity index (χ3n) is 5.04. The minimum Gasteiger partial charge on any atom is -0.325 e. The number of benzene rings is 2. The van der Waals surface area contributed by atoms with Gasteiger partial charge in [-0.3, -0.25) is 14.4 Å². The average Bonchev–Trinajstić information content (AvgIpc) is 3.52. The Kier molecular flexibility index (Phi) is 5.02. The number of carbonyl (C=O) groups excluding carboxylic acids is 3. The molecule has 2 aliphatic rings. The highest BCUT2D eigenvalue weighted by molar-refractivity contribution is 9.10. The summed E-state index contributed by atoms with van der Waals surface area (Å²) in [6.07, 6.45) is 1.67. The van der Waals surface area contributed by atoms with Crippen LogP contribution in [0.15, 0.2) is 46.9 Å². The number of anilines is 1. The molecule has 7 heteroatoms. The zero-order valence-corrected chi connectivity index (χ0v) is 16.6. The molecule has 0 spiro atoms. The number of ketones is 1. The van der Waals surface area contributed by atoms with Gasteiger partial charge in [-0.2, -0.15) is 0 Å². The molecule has 28 heavy (non-hydrogen) atoms. The molecule has 5 nitrogen and oxygen atoms in total. The van der Waals surface area contributed by atoms with Gasteiger partial charge in [-0.05, 0) is 46.5 Å². The van der Waals surface area contributed by atoms with Crippen LogP contribution in [0.5, 0.6) is 0 Å². The lowest BCUT2D eigenvalue weighted by Crippen LogP contribution is -2.41. The Hall–Kier alpha value is -2.54. The Balaban J connectivity index is 1.72. The van der Waals surface area contributed by atoms with Gasteiger partial charge in [0.15, 0.2) is 5.78 Å². The molecule has 2 aromatic rings. The lowest BCUT2D eigenvalue weighted by atomic mass is 10.1. The van der Waals surface area contributed by atoms with E-state index in [0.717, 1.165) is 24.5 Å². The summed E-state index contributed by atoms with van der Waals surface area (Å²) in [5.74, 6) is -1.41. The summed E-state index contributed by atoms with van der Waals surface area (Å²) in [4.78, 5) is 41.2. The number of Topliss-reactive ketones (excluding diaryl/α,β-unsaturated/α-hetero) is 1. The van der Waals surface area contributed by atoms with E-state index in [4.69, 9.17) is 0 Å². The molecule has 1 saturated carbocycles. The van der Waals surface area contributed by atoms with Crippen LogP contribution in [0.2, 0.25) is 0 Å². The maximum absolute atomic E-state index is 14.2. The second-order valence-corrected chi connectivity index (χ2v) is 8.01. The van der Waals surface area contributed by atoms with E-state index in [1.807, 2.05) is 30.3 Å². The van der Waals surface area contributed by atoms with E-state index in [1.165, 1.54) is 15.9 Å². The maximum Gasteiger partial charge on any atom is 0.256 e. The molecule has 4 rings (SSSR count). The number of carbonyl (C=O) groups is 3. The summed E-state index contributed by atoms with van der Waals surface area (Å²) < 4.78 is 14.3. The maximum atomic E-state index is 14.2. The van der Waals surface area contributed by atoms with Gasteiger partial charge < -0.3 is 9.80 Å². The summed E-state index contributed by atoms with van der Waals surface area (Å²) in [6, 6.07) is 11.8. The number of hydrogen-bond donors (Lipinski definition) is 0. The molecule has 0 atom stereocenters. The smallest absolute Gasteiger partial charge is 0.256 e. The highest BCUT2D eigenvalue weighted by Gasteiger charge is 2.36. The van der Waals surface area contributed by atoms with Gasteiger partial charge in [-0.15, -0.1) is 0 Å². The number of halogens is 2. The van der Waals surface area contributed by atoms with Crippen molar-refractivity contribution >= 4 is 39.2 Å². The first-order valence-electron chi connectivity index (χ1n) is 9.09. The van der Waals surface area contributed by atoms with Crippen LogP contribution < -0.4 is 4.90 Å². The molecule has 0 aromatic heterocycles. The lowest BCUT2D eigenvalue weighted by Gasteiger charge is -2.22. The summed E-state index contributed by atoms with van der Waals surface area (Å²) >= 11 is 3.12. The van der Waals surface area contributed by atoms with E-state index < -0.39 is 11.7 Å². The number of nitrogens with zero attached hydrogens (tertiary/aromatic N) is 2. The Morgan fingerprint density at radius 3 is 2.54 bits per heavy atom. The van der Waals surface area contributed by atoms with Gasteiger partial charge in [0.1, 0.15) is 12.4 Å². The van der Waals surface area contributed by atoms with Crippen LogP contribution in [-0.4, -0.2) is 35.6 Å². The zero-order valence-electron chi connectivity index (χ0n) is 15.0. The fraction of sp³-hybridized carbons (Fsp3) is 0.286. The molecule has 1 aliphatic carbocycles. The molecule has 0 bridgehead atoms. The van der Waals surface area contributed by atoms with Crippen molar-refractivity contribution < 1.29 is 18.8 Å². The molecule has 2 aromatic carbocycles. The molecule has 2 amide bonds. The molecule has 0 radical (unpaired) electrons. The third kappa shape index (κ3) is 3.71. The predicted octanol–water partition coefficient (Wildman–Crippen LogP) is 3.56. The molecule has 0 unspecified atom stereocenters. The summed E-state index contributed by atoms with van der Waals surface area (Å²) in [5.41, 5.74) is 1.23. The van der Waals surface area contributed by atoms with E-state index in [-0.39, 0.29) is 53.0 Å². The molecular weight excluding hydrogens is 427 g/mol. The Bertz CT molecular complexity index is 960. The molecule has 0 saturated heterocycles. The van der Waals surface area contributed by atoms with Gasteiger partial charge in [0, 0.05) is 12.5 Å². The topological polar surface area (TPSA) is 57.7 Å². The summed E-state index contributed by atoms with van der Waals surface area (Å²) in [7, 11) is 0. The minimum absolute atomic E-state index is 0.0143. The van der Waals surface area contributed by atoms with Crippen LogP contribution in [0.1, 0.15) is 28.8 Å². The normalized spacial score (nSPS) is 16.8. The fourth-order valence-electron chi connectivity index (χ4n) is 3.35. The largest absolute Gasteiger partial charge is 0.325 e. The minimum atomic E-state index is -0.588. The first-order chi connectivity index (χ1) is 13.4. The van der Waals surface area contributed by atoms with Crippen LogP contribution in [0.4, 0.5) is 10.1 Å². The van der Waals surface area contributed by atoms with Crippen LogP contribution in [0.25, 0.3) is 0 Å². The molecule has 1 heterocycles. The monoisotopic (exact) mass is 444 g/mol. The van der Waals surface area contributed by atoms with Gasteiger partial charge in [0.2, 0.25) is 5.91 Å². The van der Waals surface area contributed by atoms with Crippen LogP contribution in [0, 0.1) is 11.7 Å². The second kappa shape index (κ2) is 7.47. The van der Waals surface area contributed by atoms with Crippen molar-refractivity contribution in [2.24, 2.45) is 5.92 Å². The van der Waals surface area contributed by atoms with Gasteiger partial charge >= 0.3 is 0 Å². The van der Waals surface area contributed by atoms with E-state index in [2.05, 4.69) is 15.9 Å². The van der Waals surface area contributed by atoms with Crippen molar-refractivity contribution in [2.75, 3.05) is 18.0 Å². The highest BCUT2D eigenvalue weighted by atomic mass is 79.9. The number of amides is 2. The lowest BCUT2D eigenvalue weighted by molar-refractivity contribution is -0.123. The molecule has 0 N–H and O–H groups in total. The summed E-state index contributed by atoms with van der Waals surface area (Å²) in [6.45, 7) is -0.0342. The van der Waals surface area contributed by atoms with E-state index in [1.54, 1.807) is 0 Å². The van der Waals surface area contributed by atoms with Gasteiger partial charge in [-0.1, -0.05) is 30.3 Å². The Labute approximate surface area is 170 Å². The second-order valence-electron chi connectivity index (χ2n) is 7.15. The molecule has 1 aliphatic heterocycles.